The molecule has 0 heterocycles. The molecule has 0 amide bonds. The van der Waals surface area contributed by atoms with Gasteiger partial charge in [0.2, 0.25) is 0 Å². The van der Waals surface area contributed by atoms with Crippen LogP contribution in [0.1, 0.15) is 64.0 Å². The molecule has 1 spiro atoms. The largest absolute Gasteiger partial charge is 0.591 e. The van der Waals surface area contributed by atoms with E-state index in [1.165, 1.54) is 5.56 Å². The number of fused-ring (bicyclic) bond motifs is 1. The van der Waals surface area contributed by atoms with Gasteiger partial charge in [0.05, 0.1) is 19.4 Å². The Morgan fingerprint density at radius 2 is 2.00 bits per heavy atom. The fourth-order valence-electron chi connectivity index (χ4n) is 4.16. The van der Waals surface area contributed by atoms with Gasteiger partial charge in [-0.1, -0.05) is 10.5 Å². The molecule has 1 aromatic rings. The SMILES string of the molecule is COC1CCC2(CC1)Cc1ccc(OCCCF)cc1/C2=N/[S+]([O-])C(C)(C)C. The Labute approximate surface area is 171 Å². The highest BCUT2D eigenvalue weighted by Gasteiger charge is 2.47. The topological polar surface area (TPSA) is 53.9 Å². The lowest BCUT2D eigenvalue weighted by Crippen LogP contribution is -2.37. The van der Waals surface area contributed by atoms with E-state index >= 15 is 0 Å². The highest BCUT2D eigenvalue weighted by atomic mass is 32.2. The molecule has 1 fully saturated rings. The minimum Gasteiger partial charge on any atom is -0.591 e. The molecule has 6 heteroatoms. The molecule has 4 nitrogen and oxygen atoms in total. The van der Waals surface area contributed by atoms with E-state index in [4.69, 9.17) is 13.9 Å². The van der Waals surface area contributed by atoms with E-state index in [0.29, 0.717) is 19.1 Å². The third kappa shape index (κ3) is 4.55. The fraction of sp³-hybridized carbons (Fsp3) is 0.682. The van der Waals surface area contributed by atoms with Gasteiger partial charge in [-0.05, 0) is 70.6 Å². The molecule has 1 aromatic carbocycles. The molecular weight excluding hydrogens is 377 g/mol. The van der Waals surface area contributed by atoms with Crippen molar-refractivity contribution >= 4 is 17.1 Å². The van der Waals surface area contributed by atoms with Crippen molar-refractivity contribution in [1.82, 2.24) is 0 Å². The van der Waals surface area contributed by atoms with Crippen molar-refractivity contribution in [3.05, 3.63) is 29.3 Å². The molecular formula is C22H32FNO3S. The van der Waals surface area contributed by atoms with E-state index in [-0.39, 0.29) is 12.1 Å². The van der Waals surface area contributed by atoms with Gasteiger partial charge >= 0.3 is 0 Å². The maximum atomic E-state index is 12.9. The smallest absolute Gasteiger partial charge is 0.144 e. The third-order valence-corrected chi connectivity index (χ3v) is 7.23. The van der Waals surface area contributed by atoms with Crippen LogP contribution in [0.4, 0.5) is 4.39 Å². The molecule has 1 atom stereocenters. The molecule has 0 radical (unpaired) electrons. The van der Waals surface area contributed by atoms with E-state index in [1.807, 2.05) is 32.9 Å². The molecule has 28 heavy (non-hydrogen) atoms. The first-order chi connectivity index (χ1) is 13.3. The van der Waals surface area contributed by atoms with Crippen molar-refractivity contribution in [2.45, 2.75) is 70.1 Å². The third-order valence-electron chi connectivity index (χ3n) is 5.84. The molecule has 156 valence electrons. The molecule has 0 N–H and O–H groups in total. The van der Waals surface area contributed by atoms with Crippen LogP contribution >= 0.6 is 0 Å². The molecule has 0 bridgehead atoms. The van der Waals surface area contributed by atoms with E-state index < -0.39 is 16.1 Å². The Morgan fingerprint density at radius 3 is 2.61 bits per heavy atom. The maximum absolute atomic E-state index is 12.9. The second-order valence-corrected chi connectivity index (χ2v) is 10.8. The Balaban J connectivity index is 1.95. The van der Waals surface area contributed by atoms with Crippen LogP contribution in [0, 0.1) is 5.41 Å². The minimum atomic E-state index is -1.32. The number of rotatable bonds is 6. The number of ether oxygens (including phenoxy) is 2. The summed E-state index contributed by atoms with van der Waals surface area (Å²) in [5, 5.41) is 0. The number of alkyl halides is 1. The molecule has 2 aliphatic rings. The molecule has 0 saturated heterocycles. The minimum absolute atomic E-state index is 0.0736. The van der Waals surface area contributed by atoms with Crippen LogP contribution in [0.2, 0.25) is 0 Å². The number of hydrogen-bond acceptors (Lipinski definition) is 4. The molecule has 0 aliphatic heterocycles. The Morgan fingerprint density at radius 1 is 1.29 bits per heavy atom. The zero-order valence-electron chi connectivity index (χ0n) is 17.4. The summed E-state index contributed by atoms with van der Waals surface area (Å²) in [6, 6.07) is 6.05. The van der Waals surface area contributed by atoms with Crippen molar-refractivity contribution in [3.63, 3.8) is 0 Å². The predicted molar refractivity (Wildman–Crippen MR) is 112 cm³/mol. The van der Waals surface area contributed by atoms with E-state index in [1.54, 1.807) is 7.11 Å². The van der Waals surface area contributed by atoms with Crippen molar-refractivity contribution in [1.29, 1.82) is 0 Å². The van der Waals surface area contributed by atoms with Gasteiger partial charge in [-0.3, -0.25) is 4.39 Å². The highest BCUT2D eigenvalue weighted by molar-refractivity contribution is 7.91. The number of hydrogen-bond donors (Lipinski definition) is 0. The zero-order valence-corrected chi connectivity index (χ0v) is 18.2. The van der Waals surface area contributed by atoms with Crippen molar-refractivity contribution in [2.75, 3.05) is 20.4 Å². The van der Waals surface area contributed by atoms with Crippen LogP contribution in [0.3, 0.4) is 0 Å². The van der Waals surface area contributed by atoms with E-state index in [9.17, 15) is 8.94 Å². The molecule has 1 unspecified atom stereocenters. The average Bonchev–Trinajstić information content (AvgIpc) is 2.94. The summed E-state index contributed by atoms with van der Waals surface area (Å²) in [5.74, 6) is 0.726. The lowest BCUT2D eigenvalue weighted by Gasteiger charge is -2.37. The van der Waals surface area contributed by atoms with Crippen LogP contribution in [-0.2, 0) is 22.5 Å². The Kier molecular flexibility index (Phi) is 6.72. The quantitative estimate of drug-likeness (QED) is 0.501. The first-order valence-corrected chi connectivity index (χ1v) is 11.3. The summed E-state index contributed by atoms with van der Waals surface area (Å²) in [5.41, 5.74) is 3.17. The monoisotopic (exact) mass is 409 g/mol. The first-order valence-electron chi connectivity index (χ1n) is 10.1. The summed E-state index contributed by atoms with van der Waals surface area (Å²) in [4.78, 5) is 0. The summed E-state index contributed by atoms with van der Waals surface area (Å²) >= 11 is -1.32. The number of methoxy groups -OCH3 is 1. The van der Waals surface area contributed by atoms with Gasteiger partial charge in [0.1, 0.15) is 27.6 Å². The number of benzene rings is 1. The second-order valence-electron chi connectivity index (χ2n) is 8.90. The van der Waals surface area contributed by atoms with Gasteiger partial charge in [0, 0.05) is 24.5 Å². The van der Waals surface area contributed by atoms with Crippen molar-refractivity contribution in [3.8, 4) is 5.75 Å². The normalized spacial score (nSPS) is 27.2. The lowest BCUT2D eigenvalue weighted by molar-refractivity contribution is 0.0468. The summed E-state index contributed by atoms with van der Waals surface area (Å²) in [7, 11) is 1.77. The van der Waals surface area contributed by atoms with Gasteiger partial charge in [0.15, 0.2) is 0 Å². The summed E-state index contributed by atoms with van der Waals surface area (Å²) in [6.45, 7) is 5.83. The Hall–Kier alpha value is -1.11. The summed E-state index contributed by atoms with van der Waals surface area (Å²) in [6.07, 6.45) is 5.55. The first kappa shape index (κ1) is 21.6. The predicted octanol–water partition coefficient (Wildman–Crippen LogP) is 4.81. The van der Waals surface area contributed by atoms with Gasteiger partial charge in [-0.2, -0.15) is 0 Å². The maximum Gasteiger partial charge on any atom is 0.144 e. The van der Waals surface area contributed by atoms with Crippen LogP contribution in [0.5, 0.6) is 5.75 Å². The van der Waals surface area contributed by atoms with Crippen LogP contribution < -0.4 is 4.74 Å². The number of nitrogens with zero attached hydrogens (tertiary/aromatic N) is 1. The second kappa shape index (κ2) is 8.72. The fourth-order valence-corrected chi connectivity index (χ4v) is 4.89. The zero-order chi connectivity index (χ0) is 20.4. The van der Waals surface area contributed by atoms with Crippen molar-refractivity contribution < 1.29 is 18.4 Å². The summed E-state index contributed by atoms with van der Waals surface area (Å²) < 4.78 is 40.9. The standard InChI is InChI=1S/C22H32FNO3S/c1-21(2,3)28(25)24-20-19-14-18(27-13-5-12-23)7-6-16(19)15-22(20)10-8-17(26-4)9-11-22/h6-7,14,17H,5,8-13,15H2,1-4H3/b24-20-. The van der Waals surface area contributed by atoms with Crippen LogP contribution in [0.15, 0.2) is 22.6 Å². The Bertz CT molecular complexity index is 708. The lowest BCUT2D eigenvalue weighted by atomic mass is 9.70. The van der Waals surface area contributed by atoms with E-state index in [0.717, 1.165) is 49.1 Å². The van der Waals surface area contributed by atoms with Crippen LogP contribution in [0.25, 0.3) is 0 Å². The number of halogens is 1. The van der Waals surface area contributed by atoms with Gasteiger partial charge in [-0.25, -0.2) is 0 Å². The molecule has 1 saturated carbocycles. The highest BCUT2D eigenvalue weighted by Crippen LogP contribution is 2.49. The molecule has 0 aromatic heterocycles. The van der Waals surface area contributed by atoms with Gasteiger partial charge in [0.25, 0.3) is 0 Å². The average molecular weight is 410 g/mol. The van der Waals surface area contributed by atoms with Gasteiger partial charge < -0.3 is 14.0 Å². The molecule has 3 rings (SSSR count). The van der Waals surface area contributed by atoms with Crippen LogP contribution in [-0.4, -0.2) is 41.5 Å². The van der Waals surface area contributed by atoms with Crippen molar-refractivity contribution in [2.24, 2.45) is 9.81 Å². The van der Waals surface area contributed by atoms with E-state index in [2.05, 4.69) is 6.07 Å². The van der Waals surface area contributed by atoms with Gasteiger partial charge in [-0.15, -0.1) is 0 Å². The molecule has 2 aliphatic carbocycles.